The van der Waals surface area contributed by atoms with Gasteiger partial charge >= 0.3 is 0 Å². The van der Waals surface area contributed by atoms with Gasteiger partial charge in [0.2, 0.25) is 11.8 Å². The molecular formula is C21H26N2O4. The van der Waals surface area contributed by atoms with Gasteiger partial charge in [0.1, 0.15) is 6.54 Å². The number of benzene rings is 2. The Bertz CT molecular complexity index is 800. The molecule has 0 bridgehead atoms. The van der Waals surface area contributed by atoms with Crippen molar-refractivity contribution in [2.45, 2.75) is 26.7 Å². The molecule has 2 aromatic carbocycles. The maximum atomic E-state index is 12.5. The van der Waals surface area contributed by atoms with Crippen molar-refractivity contribution in [3.8, 4) is 11.5 Å². The molecule has 0 aromatic heterocycles. The zero-order valence-electron chi connectivity index (χ0n) is 16.4. The minimum Gasteiger partial charge on any atom is -0.493 e. The van der Waals surface area contributed by atoms with Crippen molar-refractivity contribution in [1.82, 2.24) is 0 Å². The number of hydrogen-bond donors (Lipinski definition) is 1. The highest BCUT2D eigenvalue weighted by Gasteiger charge is 2.17. The third-order valence-corrected chi connectivity index (χ3v) is 4.22. The Kier molecular flexibility index (Phi) is 6.82. The van der Waals surface area contributed by atoms with Gasteiger partial charge in [-0.05, 0) is 35.7 Å². The zero-order valence-corrected chi connectivity index (χ0v) is 16.4. The van der Waals surface area contributed by atoms with Gasteiger partial charge < -0.3 is 19.7 Å². The average Bonchev–Trinajstić information content (AvgIpc) is 2.65. The van der Waals surface area contributed by atoms with Crippen LogP contribution in [0, 0.1) is 0 Å². The van der Waals surface area contributed by atoms with Crippen molar-refractivity contribution in [2.24, 2.45) is 0 Å². The Morgan fingerprint density at radius 2 is 1.63 bits per heavy atom. The van der Waals surface area contributed by atoms with E-state index in [1.54, 1.807) is 25.3 Å². The van der Waals surface area contributed by atoms with E-state index in [4.69, 9.17) is 9.47 Å². The number of carbonyl (C=O) groups excluding carboxylic acids is 2. The Morgan fingerprint density at radius 1 is 1.00 bits per heavy atom. The van der Waals surface area contributed by atoms with Crippen LogP contribution in [0.3, 0.4) is 0 Å². The first-order valence-electron chi connectivity index (χ1n) is 8.75. The largest absolute Gasteiger partial charge is 0.493 e. The van der Waals surface area contributed by atoms with Crippen LogP contribution in [0.4, 0.5) is 11.4 Å². The molecule has 0 unspecified atom stereocenters. The summed E-state index contributed by atoms with van der Waals surface area (Å²) in [5, 5.41) is 2.78. The Hall–Kier alpha value is -3.02. The Morgan fingerprint density at radius 3 is 2.15 bits per heavy atom. The highest BCUT2D eigenvalue weighted by molar-refractivity contribution is 6.01. The molecule has 0 spiro atoms. The summed E-state index contributed by atoms with van der Waals surface area (Å²) in [5.74, 6) is 0.993. The molecular weight excluding hydrogens is 344 g/mol. The number of anilines is 2. The SMILES string of the molecule is COc1ccc(NC(=O)CN(C(C)=O)c2ccc(C(C)C)cc2)cc1OC. The maximum absolute atomic E-state index is 12.5. The summed E-state index contributed by atoms with van der Waals surface area (Å²) in [4.78, 5) is 25.9. The number of ether oxygens (including phenoxy) is 2. The number of amides is 2. The molecule has 144 valence electrons. The molecule has 27 heavy (non-hydrogen) atoms. The fraction of sp³-hybridized carbons (Fsp3) is 0.333. The summed E-state index contributed by atoms with van der Waals surface area (Å²) in [7, 11) is 3.08. The van der Waals surface area contributed by atoms with Crippen LogP contribution in [-0.4, -0.2) is 32.6 Å². The molecule has 2 aromatic rings. The van der Waals surface area contributed by atoms with E-state index in [9.17, 15) is 9.59 Å². The second-order valence-corrected chi connectivity index (χ2v) is 6.47. The topological polar surface area (TPSA) is 67.9 Å². The molecule has 0 aliphatic rings. The summed E-state index contributed by atoms with van der Waals surface area (Å²) in [6.45, 7) is 5.58. The molecule has 0 atom stereocenters. The summed E-state index contributed by atoms with van der Waals surface area (Å²) < 4.78 is 10.4. The zero-order chi connectivity index (χ0) is 20.0. The molecule has 0 saturated heterocycles. The third-order valence-electron chi connectivity index (χ3n) is 4.22. The lowest BCUT2D eigenvalue weighted by atomic mass is 10.0. The van der Waals surface area contributed by atoms with Gasteiger partial charge in [-0.15, -0.1) is 0 Å². The quantitative estimate of drug-likeness (QED) is 0.804. The smallest absolute Gasteiger partial charge is 0.244 e. The van der Waals surface area contributed by atoms with Crippen LogP contribution in [-0.2, 0) is 9.59 Å². The van der Waals surface area contributed by atoms with E-state index < -0.39 is 0 Å². The summed E-state index contributed by atoms with van der Waals surface area (Å²) >= 11 is 0. The van der Waals surface area contributed by atoms with E-state index in [1.807, 2.05) is 24.3 Å². The van der Waals surface area contributed by atoms with Gasteiger partial charge in [0.05, 0.1) is 14.2 Å². The van der Waals surface area contributed by atoms with Crippen molar-refractivity contribution in [2.75, 3.05) is 31.0 Å². The normalized spacial score (nSPS) is 10.4. The Balaban J connectivity index is 2.12. The van der Waals surface area contributed by atoms with Gasteiger partial charge in [-0.3, -0.25) is 9.59 Å². The summed E-state index contributed by atoms with van der Waals surface area (Å²) in [5.41, 5.74) is 2.43. The van der Waals surface area contributed by atoms with Gasteiger partial charge in [0, 0.05) is 24.4 Å². The highest BCUT2D eigenvalue weighted by Crippen LogP contribution is 2.29. The molecule has 0 heterocycles. The van der Waals surface area contributed by atoms with Crippen molar-refractivity contribution in [3.63, 3.8) is 0 Å². The average molecular weight is 370 g/mol. The van der Waals surface area contributed by atoms with Gasteiger partial charge in [0.25, 0.3) is 0 Å². The molecule has 0 aliphatic carbocycles. The number of rotatable bonds is 7. The van der Waals surface area contributed by atoms with E-state index in [-0.39, 0.29) is 18.4 Å². The van der Waals surface area contributed by atoms with Crippen LogP contribution in [0.5, 0.6) is 11.5 Å². The van der Waals surface area contributed by atoms with E-state index in [0.717, 1.165) is 0 Å². The molecule has 0 fully saturated rings. The predicted octanol–water partition coefficient (Wildman–Crippen LogP) is 3.82. The number of nitrogens with one attached hydrogen (secondary N) is 1. The van der Waals surface area contributed by atoms with Crippen LogP contribution in [0.1, 0.15) is 32.3 Å². The third kappa shape index (κ3) is 5.23. The van der Waals surface area contributed by atoms with Crippen molar-refractivity contribution in [3.05, 3.63) is 48.0 Å². The number of carbonyl (C=O) groups is 2. The lowest BCUT2D eigenvalue weighted by molar-refractivity contribution is -0.120. The molecule has 6 heteroatoms. The molecule has 2 amide bonds. The first-order valence-corrected chi connectivity index (χ1v) is 8.75. The number of methoxy groups -OCH3 is 2. The number of hydrogen-bond acceptors (Lipinski definition) is 4. The second kappa shape index (κ2) is 9.07. The van der Waals surface area contributed by atoms with Crippen molar-refractivity contribution < 1.29 is 19.1 Å². The lowest BCUT2D eigenvalue weighted by Crippen LogP contribution is -2.36. The highest BCUT2D eigenvalue weighted by atomic mass is 16.5. The minimum absolute atomic E-state index is 0.0787. The standard InChI is InChI=1S/C21H26N2O4/c1-14(2)16-6-9-18(10-7-16)23(15(3)24)13-21(25)22-17-8-11-19(26-4)20(12-17)27-5/h6-12,14H,13H2,1-5H3,(H,22,25). The maximum Gasteiger partial charge on any atom is 0.244 e. The molecule has 0 radical (unpaired) electrons. The number of nitrogens with zero attached hydrogens (tertiary/aromatic N) is 1. The Labute approximate surface area is 160 Å². The second-order valence-electron chi connectivity index (χ2n) is 6.47. The molecule has 0 aliphatic heterocycles. The fourth-order valence-corrected chi connectivity index (χ4v) is 2.68. The minimum atomic E-state index is -0.301. The van der Waals surface area contributed by atoms with E-state index in [0.29, 0.717) is 28.8 Å². The summed E-state index contributed by atoms with van der Waals surface area (Å²) in [6, 6.07) is 12.8. The molecule has 6 nitrogen and oxygen atoms in total. The van der Waals surface area contributed by atoms with Crippen LogP contribution < -0.4 is 19.7 Å². The van der Waals surface area contributed by atoms with Gasteiger partial charge in [-0.1, -0.05) is 26.0 Å². The lowest BCUT2D eigenvalue weighted by Gasteiger charge is -2.21. The first kappa shape index (κ1) is 20.3. The van der Waals surface area contributed by atoms with E-state index in [1.165, 1.54) is 24.5 Å². The van der Waals surface area contributed by atoms with E-state index >= 15 is 0 Å². The van der Waals surface area contributed by atoms with Gasteiger partial charge in [-0.25, -0.2) is 0 Å². The van der Waals surface area contributed by atoms with E-state index in [2.05, 4.69) is 19.2 Å². The van der Waals surface area contributed by atoms with Gasteiger partial charge in [0.15, 0.2) is 11.5 Å². The van der Waals surface area contributed by atoms with Crippen LogP contribution in [0.15, 0.2) is 42.5 Å². The predicted molar refractivity (Wildman–Crippen MR) is 107 cm³/mol. The van der Waals surface area contributed by atoms with Crippen molar-refractivity contribution in [1.29, 1.82) is 0 Å². The monoisotopic (exact) mass is 370 g/mol. The fourth-order valence-electron chi connectivity index (χ4n) is 2.68. The van der Waals surface area contributed by atoms with Gasteiger partial charge in [-0.2, -0.15) is 0 Å². The molecule has 2 rings (SSSR count). The summed E-state index contributed by atoms with van der Waals surface area (Å²) in [6.07, 6.45) is 0. The molecule has 0 saturated carbocycles. The van der Waals surface area contributed by atoms with Crippen molar-refractivity contribution >= 4 is 23.2 Å². The van der Waals surface area contributed by atoms with Crippen LogP contribution in [0.2, 0.25) is 0 Å². The van der Waals surface area contributed by atoms with Crippen LogP contribution in [0.25, 0.3) is 0 Å². The first-order chi connectivity index (χ1) is 12.8. The van der Waals surface area contributed by atoms with Crippen LogP contribution >= 0.6 is 0 Å². The molecule has 1 N–H and O–H groups in total.